The minimum Gasteiger partial charge on any atom is -0.394 e. The molecule has 1 aromatic carbocycles. The van der Waals surface area contributed by atoms with Crippen LogP contribution in [0.25, 0.3) is 0 Å². The van der Waals surface area contributed by atoms with E-state index in [2.05, 4.69) is 19.1 Å². The lowest BCUT2D eigenvalue weighted by atomic mass is 9.93. The molecule has 0 amide bonds. The lowest BCUT2D eigenvalue weighted by Gasteiger charge is -2.09. The number of aliphatic hydroxyl groups excluding tert-OH is 1. The summed E-state index contributed by atoms with van der Waals surface area (Å²) in [5, 5.41) is 9.01. The quantitative estimate of drug-likeness (QED) is 0.714. The molecule has 1 N–H and O–H groups in total. The zero-order chi connectivity index (χ0) is 9.31. The topological polar surface area (TPSA) is 32.8 Å². The summed E-state index contributed by atoms with van der Waals surface area (Å²) in [5.74, 6) is 0. The van der Waals surface area contributed by atoms with Crippen LogP contribution in [0.15, 0.2) is 30.3 Å². The van der Waals surface area contributed by atoms with E-state index in [1.54, 1.807) is 0 Å². The van der Waals surface area contributed by atoms with Crippen LogP contribution >= 0.6 is 0 Å². The Bertz CT molecular complexity index is 283. The van der Waals surface area contributed by atoms with Crippen molar-refractivity contribution in [2.75, 3.05) is 6.61 Å². The molecular weight excluding hydrogens is 164 g/mol. The Labute approximate surface area is 78.2 Å². The van der Waals surface area contributed by atoms with Crippen LogP contribution in [-0.2, 0) is 10.3 Å². The number of aliphatic hydroxyl groups is 1. The average Bonchev–Trinajstić information content (AvgIpc) is 2.94. The van der Waals surface area contributed by atoms with Crippen molar-refractivity contribution in [1.82, 2.24) is 0 Å². The molecule has 2 heteroatoms. The number of benzene rings is 1. The van der Waals surface area contributed by atoms with Crippen LogP contribution in [0.2, 0.25) is 0 Å². The zero-order valence-electron chi connectivity index (χ0n) is 7.73. The van der Waals surface area contributed by atoms with Gasteiger partial charge in [-0.15, -0.1) is 0 Å². The molecule has 1 aromatic rings. The summed E-state index contributed by atoms with van der Waals surface area (Å²) in [6, 6.07) is 10.1. The van der Waals surface area contributed by atoms with Crippen molar-refractivity contribution in [3.05, 3.63) is 35.9 Å². The highest BCUT2D eigenvalue weighted by molar-refractivity contribution is 5.29. The summed E-state index contributed by atoms with van der Waals surface area (Å²) in [7, 11) is 0. The van der Waals surface area contributed by atoms with Crippen LogP contribution in [0.3, 0.4) is 0 Å². The first-order chi connectivity index (χ1) is 6.33. The normalized spacial score (nSPS) is 31.7. The Morgan fingerprint density at radius 3 is 2.54 bits per heavy atom. The molecular formula is C11H14O2. The third-order valence-corrected chi connectivity index (χ3v) is 2.77. The largest absolute Gasteiger partial charge is 0.394 e. The summed E-state index contributed by atoms with van der Waals surface area (Å²) in [6.45, 7) is 2.20. The smallest absolute Gasteiger partial charge is 0.122 e. The lowest BCUT2D eigenvalue weighted by molar-refractivity contribution is 0.233. The van der Waals surface area contributed by atoms with Gasteiger partial charge in [-0.2, -0.15) is 0 Å². The van der Waals surface area contributed by atoms with E-state index in [1.807, 2.05) is 18.2 Å². The van der Waals surface area contributed by atoms with Gasteiger partial charge in [0.2, 0.25) is 0 Å². The number of rotatable bonds is 3. The van der Waals surface area contributed by atoms with Gasteiger partial charge in [-0.25, -0.2) is 0 Å². The second-order valence-corrected chi connectivity index (χ2v) is 3.40. The van der Waals surface area contributed by atoms with E-state index in [-0.39, 0.29) is 18.3 Å². The van der Waals surface area contributed by atoms with Crippen LogP contribution in [-0.4, -0.2) is 17.8 Å². The molecule has 70 valence electrons. The van der Waals surface area contributed by atoms with Gasteiger partial charge in [0.15, 0.2) is 0 Å². The van der Waals surface area contributed by atoms with Gasteiger partial charge in [-0.1, -0.05) is 37.3 Å². The van der Waals surface area contributed by atoms with Crippen molar-refractivity contribution < 1.29 is 9.84 Å². The van der Waals surface area contributed by atoms with Gasteiger partial charge >= 0.3 is 0 Å². The second kappa shape index (κ2) is 3.13. The highest BCUT2D eigenvalue weighted by atomic mass is 16.6. The van der Waals surface area contributed by atoms with Crippen molar-refractivity contribution in [2.45, 2.75) is 25.0 Å². The van der Waals surface area contributed by atoms with E-state index in [9.17, 15) is 0 Å². The predicted octanol–water partition coefficient (Wildman–Crippen LogP) is 1.68. The summed E-state index contributed by atoms with van der Waals surface area (Å²) in [4.78, 5) is 0. The fourth-order valence-corrected chi connectivity index (χ4v) is 1.89. The number of epoxide rings is 1. The number of ether oxygens (including phenoxy) is 1. The van der Waals surface area contributed by atoms with E-state index < -0.39 is 0 Å². The average molecular weight is 178 g/mol. The van der Waals surface area contributed by atoms with Gasteiger partial charge in [-0.3, -0.25) is 0 Å². The van der Waals surface area contributed by atoms with Gasteiger partial charge in [0.05, 0.1) is 6.61 Å². The van der Waals surface area contributed by atoms with E-state index >= 15 is 0 Å². The molecule has 0 bridgehead atoms. The maximum absolute atomic E-state index is 9.01. The molecule has 2 rings (SSSR count). The first-order valence-corrected chi connectivity index (χ1v) is 4.67. The van der Waals surface area contributed by atoms with Gasteiger partial charge in [0.1, 0.15) is 11.7 Å². The summed E-state index contributed by atoms with van der Waals surface area (Å²) in [6.07, 6.45) is 0.919. The third kappa shape index (κ3) is 1.26. The maximum Gasteiger partial charge on any atom is 0.122 e. The van der Waals surface area contributed by atoms with E-state index in [0.717, 1.165) is 6.42 Å². The molecule has 1 fully saturated rings. The molecule has 1 heterocycles. The Morgan fingerprint density at radius 2 is 2.08 bits per heavy atom. The van der Waals surface area contributed by atoms with Crippen LogP contribution in [0.4, 0.5) is 0 Å². The van der Waals surface area contributed by atoms with Crippen LogP contribution in [0.5, 0.6) is 0 Å². The lowest BCUT2D eigenvalue weighted by Crippen LogP contribution is -2.13. The predicted molar refractivity (Wildman–Crippen MR) is 50.4 cm³/mol. The fourth-order valence-electron chi connectivity index (χ4n) is 1.89. The summed E-state index contributed by atoms with van der Waals surface area (Å²) in [5.41, 5.74) is 0.979. The molecule has 2 atom stereocenters. The molecule has 2 unspecified atom stereocenters. The van der Waals surface area contributed by atoms with Crippen LogP contribution in [0.1, 0.15) is 18.9 Å². The van der Waals surface area contributed by atoms with E-state index in [1.165, 1.54) is 5.56 Å². The van der Waals surface area contributed by atoms with Gasteiger partial charge in [-0.05, 0) is 12.0 Å². The molecule has 1 aliphatic rings. The van der Waals surface area contributed by atoms with Crippen molar-refractivity contribution in [3.8, 4) is 0 Å². The second-order valence-electron chi connectivity index (χ2n) is 3.40. The molecule has 2 nitrogen and oxygen atoms in total. The fraction of sp³-hybridized carbons (Fsp3) is 0.455. The third-order valence-electron chi connectivity index (χ3n) is 2.77. The van der Waals surface area contributed by atoms with Gasteiger partial charge in [0, 0.05) is 0 Å². The monoisotopic (exact) mass is 178 g/mol. The Balaban J connectivity index is 2.25. The SMILES string of the molecule is CCC1(c2ccccc2)OC1CO. The van der Waals surface area contributed by atoms with Crippen molar-refractivity contribution >= 4 is 0 Å². The van der Waals surface area contributed by atoms with E-state index in [0.29, 0.717) is 0 Å². The van der Waals surface area contributed by atoms with Gasteiger partial charge < -0.3 is 9.84 Å². The molecule has 0 saturated carbocycles. The first kappa shape index (κ1) is 8.73. The Morgan fingerprint density at radius 1 is 1.38 bits per heavy atom. The van der Waals surface area contributed by atoms with E-state index in [4.69, 9.17) is 9.84 Å². The van der Waals surface area contributed by atoms with Crippen LogP contribution < -0.4 is 0 Å². The summed E-state index contributed by atoms with van der Waals surface area (Å²) < 4.78 is 5.54. The first-order valence-electron chi connectivity index (χ1n) is 4.67. The molecule has 0 radical (unpaired) electrons. The minimum atomic E-state index is -0.198. The maximum atomic E-state index is 9.01. The highest BCUT2D eigenvalue weighted by Gasteiger charge is 2.55. The van der Waals surface area contributed by atoms with Crippen molar-refractivity contribution in [3.63, 3.8) is 0 Å². The Kier molecular flexibility index (Phi) is 2.10. The summed E-state index contributed by atoms with van der Waals surface area (Å²) >= 11 is 0. The highest BCUT2D eigenvalue weighted by Crippen LogP contribution is 2.48. The van der Waals surface area contributed by atoms with Crippen LogP contribution in [0, 0.1) is 0 Å². The minimum absolute atomic E-state index is 0.0000926. The number of hydrogen-bond donors (Lipinski definition) is 1. The zero-order valence-corrected chi connectivity index (χ0v) is 7.73. The molecule has 0 spiro atoms. The molecule has 1 aliphatic heterocycles. The standard InChI is InChI=1S/C11H14O2/c1-2-11(10(8-12)13-11)9-6-4-3-5-7-9/h3-7,10,12H,2,8H2,1H3. The molecule has 0 aromatic heterocycles. The molecule has 0 aliphatic carbocycles. The van der Waals surface area contributed by atoms with Crippen molar-refractivity contribution in [2.24, 2.45) is 0 Å². The van der Waals surface area contributed by atoms with Gasteiger partial charge in [0.25, 0.3) is 0 Å². The molecule has 1 saturated heterocycles. The van der Waals surface area contributed by atoms with Crippen molar-refractivity contribution in [1.29, 1.82) is 0 Å². The Hall–Kier alpha value is -0.860. The molecule has 13 heavy (non-hydrogen) atoms. The number of hydrogen-bond acceptors (Lipinski definition) is 2.